The molecule has 3 nitrogen and oxygen atoms in total. The molecule has 0 amide bonds. The van der Waals surface area contributed by atoms with Gasteiger partial charge in [-0.25, -0.2) is 0 Å². The maximum atomic E-state index is 5.12. The maximum Gasteiger partial charge on any atom is 1.00 e. The van der Waals surface area contributed by atoms with E-state index in [2.05, 4.69) is 16.5 Å². The van der Waals surface area contributed by atoms with Crippen LogP contribution in [0.25, 0.3) is 0 Å². The maximum absolute atomic E-state index is 5.12. The average Bonchev–Trinajstić information content (AvgIpc) is 2.16. The van der Waals surface area contributed by atoms with Gasteiger partial charge in [0.1, 0.15) is 0 Å². The third-order valence-electron chi connectivity index (χ3n) is 1.93. The topological polar surface area (TPSA) is 34.1 Å². The van der Waals surface area contributed by atoms with Crippen LogP contribution in [0.3, 0.4) is 0 Å². The summed E-state index contributed by atoms with van der Waals surface area (Å²) in [5, 5.41) is 3.26. The third kappa shape index (κ3) is 4.42. The molecule has 72 valence electrons. The Morgan fingerprint density at radius 1 is 1.64 bits per heavy atom. The normalized spacial score (nSPS) is 11.6. The van der Waals surface area contributed by atoms with Gasteiger partial charge in [0, 0.05) is 13.7 Å². The SMILES string of the molecule is COC(C)CNc1cc[c-]nc1C.[Na+]. The van der Waals surface area contributed by atoms with Crippen molar-refractivity contribution in [1.82, 2.24) is 4.98 Å². The molecule has 0 fully saturated rings. The average molecular weight is 202 g/mol. The van der Waals surface area contributed by atoms with Gasteiger partial charge in [-0.05, 0) is 6.92 Å². The summed E-state index contributed by atoms with van der Waals surface area (Å²) in [6, 6.07) is 3.76. The Morgan fingerprint density at radius 2 is 2.36 bits per heavy atom. The molecule has 1 unspecified atom stereocenters. The molecular weight excluding hydrogens is 187 g/mol. The number of aromatic nitrogens is 1. The summed E-state index contributed by atoms with van der Waals surface area (Å²) >= 11 is 0. The van der Waals surface area contributed by atoms with Crippen molar-refractivity contribution < 1.29 is 34.3 Å². The predicted octanol–water partition coefficient (Wildman–Crippen LogP) is -1.36. The van der Waals surface area contributed by atoms with E-state index in [0.29, 0.717) is 0 Å². The van der Waals surface area contributed by atoms with Crippen molar-refractivity contribution in [3.05, 3.63) is 24.0 Å². The van der Waals surface area contributed by atoms with Crippen LogP contribution in [0.2, 0.25) is 0 Å². The summed E-state index contributed by atoms with van der Waals surface area (Å²) in [5.41, 5.74) is 2.01. The molecule has 0 bridgehead atoms. The largest absolute Gasteiger partial charge is 1.00 e. The predicted molar refractivity (Wildman–Crippen MR) is 52.8 cm³/mol. The molecule has 1 rings (SSSR count). The third-order valence-corrected chi connectivity index (χ3v) is 1.93. The molecule has 14 heavy (non-hydrogen) atoms. The van der Waals surface area contributed by atoms with Crippen LogP contribution in [0.15, 0.2) is 12.1 Å². The van der Waals surface area contributed by atoms with E-state index in [1.54, 1.807) is 13.2 Å². The molecule has 0 saturated heterocycles. The van der Waals surface area contributed by atoms with Gasteiger partial charge in [-0.2, -0.15) is 6.07 Å². The van der Waals surface area contributed by atoms with Crippen LogP contribution in [0, 0.1) is 13.1 Å². The van der Waals surface area contributed by atoms with Crippen molar-refractivity contribution in [1.29, 1.82) is 0 Å². The molecule has 0 saturated carbocycles. The number of aryl methyl sites for hydroxylation is 1. The molecule has 0 spiro atoms. The Kier molecular flexibility index (Phi) is 7.19. The van der Waals surface area contributed by atoms with Gasteiger partial charge < -0.3 is 15.0 Å². The smallest absolute Gasteiger partial charge is 0.402 e. The zero-order valence-corrected chi connectivity index (χ0v) is 11.3. The van der Waals surface area contributed by atoms with Gasteiger partial charge in [0.2, 0.25) is 0 Å². The molecule has 1 atom stereocenters. The van der Waals surface area contributed by atoms with E-state index >= 15 is 0 Å². The van der Waals surface area contributed by atoms with E-state index in [9.17, 15) is 0 Å². The van der Waals surface area contributed by atoms with Crippen molar-refractivity contribution in [2.75, 3.05) is 19.0 Å². The van der Waals surface area contributed by atoms with Crippen molar-refractivity contribution in [3.63, 3.8) is 0 Å². The second-order valence-electron chi connectivity index (χ2n) is 3.00. The number of pyridine rings is 1. The quantitative estimate of drug-likeness (QED) is 0.484. The minimum atomic E-state index is 0. The summed E-state index contributed by atoms with van der Waals surface area (Å²) in [4.78, 5) is 4.05. The number of hydrogen-bond donors (Lipinski definition) is 1. The van der Waals surface area contributed by atoms with Crippen LogP contribution in [0.5, 0.6) is 0 Å². The number of methoxy groups -OCH3 is 1. The Hall–Kier alpha value is -0.0900. The molecule has 1 aromatic heterocycles. The first-order valence-corrected chi connectivity index (χ1v) is 4.34. The zero-order valence-electron chi connectivity index (χ0n) is 9.29. The van der Waals surface area contributed by atoms with Crippen LogP contribution in [-0.2, 0) is 4.74 Å². The van der Waals surface area contributed by atoms with Crippen molar-refractivity contribution in [3.8, 4) is 0 Å². The van der Waals surface area contributed by atoms with Crippen LogP contribution >= 0.6 is 0 Å². The van der Waals surface area contributed by atoms with Crippen LogP contribution in [0.1, 0.15) is 12.6 Å². The molecule has 1 N–H and O–H groups in total. The van der Waals surface area contributed by atoms with Crippen molar-refractivity contribution >= 4 is 5.69 Å². The van der Waals surface area contributed by atoms with E-state index in [-0.39, 0.29) is 35.7 Å². The number of hydrogen-bond acceptors (Lipinski definition) is 3. The summed E-state index contributed by atoms with van der Waals surface area (Å²) in [6.45, 7) is 4.77. The first-order valence-electron chi connectivity index (χ1n) is 4.34. The Balaban J connectivity index is 0.00000169. The minimum Gasteiger partial charge on any atom is -0.402 e. The van der Waals surface area contributed by atoms with Gasteiger partial charge in [-0.3, -0.25) is 0 Å². The fourth-order valence-electron chi connectivity index (χ4n) is 0.959. The number of nitrogens with one attached hydrogen (secondary N) is 1. The molecule has 0 aliphatic rings. The van der Waals surface area contributed by atoms with E-state index in [1.165, 1.54) is 0 Å². The fourth-order valence-corrected chi connectivity index (χ4v) is 0.959. The second kappa shape index (κ2) is 7.23. The Labute approximate surface area is 108 Å². The number of rotatable bonds is 4. The molecule has 0 aliphatic carbocycles. The van der Waals surface area contributed by atoms with Crippen LogP contribution in [0.4, 0.5) is 5.69 Å². The molecule has 0 aromatic carbocycles. The fraction of sp³-hybridized carbons (Fsp3) is 0.500. The van der Waals surface area contributed by atoms with Gasteiger partial charge in [0.15, 0.2) is 0 Å². The van der Waals surface area contributed by atoms with E-state index in [1.807, 2.05) is 19.9 Å². The van der Waals surface area contributed by atoms with Gasteiger partial charge in [0.25, 0.3) is 0 Å². The molecule has 1 aromatic rings. The van der Waals surface area contributed by atoms with E-state index < -0.39 is 0 Å². The van der Waals surface area contributed by atoms with Crippen molar-refractivity contribution in [2.24, 2.45) is 0 Å². The second-order valence-corrected chi connectivity index (χ2v) is 3.00. The molecule has 0 radical (unpaired) electrons. The molecular formula is C10H15N2NaO. The number of nitrogens with zero attached hydrogens (tertiary/aromatic N) is 1. The van der Waals surface area contributed by atoms with E-state index in [0.717, 1.165) is 17.9 Å². The van der Waals surface area contributed by atoms with Crippen LogP contribution < -0.4 is 34.9 Å². The summed E-state index contributed by atoms with van der Waals surface area (Å²) in [7, 11) is 1.70. The molecule has 0 aliphatic heterocycles. The Bertz CT molecular complexity index is 268. The molecule has 1 heterocycles. The van der Waals surface area contributed by atoms with Gasteiger partial charge in [-0.15, -0.1) is 6.07 Å². The van der Waals surface area contributed by atoms with Crippen molar-refractivity contribution in [2.45, 2.75) is 20.0 Å². The van der Waals surface area contributed by atoms with Gasteiger partial charge in [0.05, 0.1) is 6.10 Å². The first-order chi connectivity index (χ1) is 6.24. The van der Waals surface area contributed by atoms with Gasteiger partial charge >= 0.3 is 29.6 Å². The van der Waals surface area contributed by atoms with E-state index in [4.69, 9.17) is 4.74 Å². The standard InChI is InChI=1S/C10H15N2O.Na/c1-8(13-3)7-12-10-5-4-6-11-9(10)2;/h4-5,8,12H,7H2,1-3H3;/q-1;+1. The van der Waals surface area contributed by atoms with Gasteiger partial charge in [-0.1, -0.05) is 24.5 Å². The molecule has 4 heteroatoms. The number of ether oxygens (including phenoxy) is 1. The summed E-state index contributed by atoms with van der Waals surface area (Å²) in [6.07, 6.45) is 2.99. The number of anilines is 1. The Morgan fingerprint density at radius 3 is 2.93 bits per heavy atom. The van der Waals surface area contributed by atoms with Crippen LogP contribution in [-0.4, -0.2) is 24.7 Å². The first kappa shape index (κ1) is 13.9. The minimum absolute atomic E-state index is 0. The summed E-state index contributed by atoms with van der Waals surface area (Å²) < 4.78 is 5.12. The summed E-state index contributed by atoms with van der Waals surface area (Å²) in [5.74, 6) is 0. The monoisotopic (exact) mass is 202 g/mol. The zero-order chi connectivity index (χ0) is 9.68.